The van der Waals surface area contributed by atoms with Crippen LogP contribution in [-0.2, 0) is 9.53 Å². The summed E-state index contributed by atoms with van der Waals surface area (Å²) in [5, 5.41) is 28.1. The lowest BCUT2D eigenvalue weighted by molar-refractivity contribution is -0.124. The van der Waals surface area contributed by atoms with Crippen molar-refractivity contribution in [1.82, 2.24) is 0 Å². The lowest BCUT2D eigenvalue weighted by Crippen LogP contribution is -2.44. The van der Waals surface area contributed by atoms with Gasteiger partial charge >= 0.3 is 0 Å². The van der Waals surface area contributed by atoms with Crippen LogP contribution in [0.5, 0.6) is 0 Å². The molecule has 0 fully saturated rings. The third-order valence-corrected chi connectivity index (χ3v) is 2.41. The van der Waals surface area contributed by atoms with Crippen molar-refractivity contribution in [1.29, 1.82) is 0 Å². The molecule has 4 unspecified atom stereocenters. The molecule has 0 aromatic heterocycles. The lowest BCUT2D eigenvalue weighted by Gasteiger charge is -2.27. The Balaban J connectivity index is 4.28. The van der Waals surface area contributed by atoms with E-state index >= 15 is 0 Å². The number of hydrogen-bond acceptors (Lipinski definition) is 5. The van der Waals surface area contributed by atoms with Crippen molar-refractivity contribution in [2.24, 2.45) is 5.92 Å². The summed E-state index contributed by atoms with van der Waals surface area (Å²) in [4.78, 5) is 10.8. The van der Waals surface area contributed by atoms with Crippen LogP contribution in [0.15, 0.2) is 0 Å². The first kappa shape index (κ1) is 14.5. The van der Waals surface area contributed by atoms with Gasteiger partial charge in [-0.2, -0.15) is 0 Å². The zero-order valence-corrected chi connectivity index (χ0v) is 9.38. The molecule has 15 heavy (non-hydrogen) atoms. The van der Waals surface area contributed by atoms with E-state index in [4.69, 9.17) is 9.84 Å². The summed E-state index contributed by atoms with van der Waals surface area (Å²) in [6, 6.07) is 0. The Bertz CT molecular complexity index is 190. The number of carbonyl (C=O) groups is 1. The van der Waals surface area contributed by atoms with Crippen molar-refractivity contribution in [3.8, 4) is 0 Å². The third kappa shape index (κ3) is 4.70. The summed E-state index contributed by atoms with van der Waals surface area (Å²) in [7, 11) is 1.34. The van der Waals surface area contributed by atoms with E-state index in [2.05, 4.69) is 0 Å². The van der Waals surface area contributed by atoms with Crippen molar-refractivity contribution < 1.29 is 24.9 Å². The zero-order valence-electron chi connectivity index (χ0n) is 9.38. The Hall–Kier alpha value is -0.490. The molecule has 5 heteroatoms. The maximum atomic E-state index is 10.8. The molecule has 0 aromatic carbocycles. The van der Waals surface area contributed by atoms with E-state index in [-0.39, 0.29) is 24.7 Å². The molecule has 90 valence electrons. The van der Waals surface area contributed by atoms with Crippen LogP contribution in [0.3, 0.4) is 0 Å². The smallest absolute Gasteiger partial charge is 0.130 e. The molecule has 0 aliphatic carbocycles. The molecular formula is C10H20O5. The summed E-state index contributed by atoms with van der Waals surface area (Å²) in [5.41, 5.74) is 0. The van der Waals surface area contributed by atoms with E-state index in [1.807, 2.05) is 0 Å². The summed E-state index contributed by atoms with van der Waals surface area (Å²) in [5.74, 6) is -0.409. The van der Waals surface area contributed by atoms with Crippen LogP contribution < -0.4 is 0 Å². The van der Waals surface area contributed by atoms with Gasteiger partial charge < -0.3 is 24.9 Å². The second-order valence-corrected chi connectivity index (χ2v) is 3.82. The van der Waals surface area contributed by atoms with Gasteiger partial charge in [-0.1, -0.05) is 6.92 Å². The van der Waals surface area contributed by atoms with Crippen LogP contribution in [0, 0.1) is 5.92 Å². The van der Waals surface area contributed by atoms with Crippen LogP contribution in [0.2, 0.25) is 0 Å². The lowest BCUT2D eigenvalue weighted by atomic mass is 9.92. The molecule has 0 aromatic rings. The van der Waals surface area contributed by atoms with Gasteiger partial charge in [0.2, 0.25) is 0 Å². The number of ether oxygens (including phenoxy) is 1. The Morgan fingerprint density at radius 1 is 1.33 bits per heavy atom. The highest BCUT2D eigenvalue weighted by Crippen LogP contribution is 2.15. The average molecular weight is 220 g/mol. The second-order valence-electron chi connectivity index (χ2n) is 3.82. The number of carbonyl (C=O) groups excluding carboxylic acids is 1. The highest BCUT2D eigenvalue weighted by atomic mass is 16.5. The first-order chi connectivity index (χ1) is 6.93. The van der Waals surface area contributed by atoms with Gasteiger partial charge in [0.25, 0.3) is 0 Å². The van der Waals surface area contributed by atoms with Crippen molar-refractivity contribution >= 4 is 5.78 Å². The van der Waals surface area contributed by atoms with E-state index in [1.165, 1.54) is 14.0 Å². The summed E-state index contributed by atoms with van der Waals surface area (Å²) in [6.45, 7) is 2.72. The summed E-state index contributed by atoms with van der Waals surface area (Å²) < 4.78 is 4.79. The van der Waals surface area contributed by atoms with Crippen LogP contribution in [0.1, 0.15) is 20.3 Å². The number of Topliss-reactive ketones (excluding diaryl/α,β-unsaturated/α-hetero) is 1. The van der Waals surface area contributed by atoms with Gasteiger partial charge in [0.1, 0.15) is 18.0 Å². The maximum absolute atomic E-state index is 10.8. The highest BCUT2D eigenvalue weighted by molar-refractivity contribution is 5.75. The van der Waals surface area contributed by atoms with Crippen molar-refractivity contribution in [2.45, 2.75) is 38.6 Å². The predicted octanol–water partition coefficient (Wildman–Crippen LogP) is -0.669. The van der Waals surface area contributed by atoms with Crippen molar-refractivity contribution in [3.63, 3.8) is 0 Å². The minimum Gasteiger partial charge on any atom is -0.394 e. The zero-order chi connectivity index (χ0) is 12.0. The van der Waals surface area contributed by atoms with Crippen molar-refractivity contribution in [3.05, 3.63) is 0 Å². The fourth-order valence-electron chi connectivity index (χ4n) is 1.45. The number of aliphatic hydroxyl groups is 3. The molecule has 3 N–H and O–H groups in total. The molecule has 0 rings (SSSR count). The quantitative estimate of drug-likeness (QED) is 0.529. The molecule has 0 aliphatic rings. The minimum atomic E-state index is -1.19. The van der Waals surface area contributed by atoms with Gasteiger partial charge in [0, 0.05) is 13.5 Å². The molecule has 0 saturated heterocycles. The number of hydrogen-bond donors (Lipinski definition) is 3. The predicted molar refractivity (Wildman–Crippen MR) is 54.4 cm³/mol. The van der Waals surface area contributed by atoms with E-state index in [9.17, 15) is 15.0 Å². The number of rotatable bonds is 7. The van der Waals surface area contributed by atoms with Gasteiger partial charge in [-0.25, -0.2) is 0 Å². The maximum Gasteiger partial charge on any atom is 0.130 e. The van der Waals surface area contributed by atoms with Gasteiger partial charge in [-0.15, -0.1) is 0 Å². The van der Waals surface area contributed by atoms with Gasteiger partial charge in [0.05, 0.1) is 12.7 Å². The largest absolute Gasteiger partial charge is 0.394 e. The second kappa shape index (κ2) is 6.90. The van der Waals surface area contributed by atoms with Crippen LogP contribution in [0.4, 0.5) is 0 Å². The van der Waals surface area contributed by atoms with E-state index < -0.39 is 18.3 Å². The molecule has 0 saturated carbocycles. The Morgan fingerprint density at radius 3 is 2.20 bits per heavy atom. The standard InChI is InChI=1S/C10H20O5/c1-6(4-7(2)12)9(13)10(14)8(5-11)15-3/h6,8-11,13-14H,4-5H2,1-3H3. The van der Waals surface area contributed by atoms with Crippen LogP contribution in [-0.4, -0.2) is 53.1 Å². The normalized spacial score (nSPS) is 19.3. The SMILES string of the molecule is COC(CO)C(O)C(O)C(C)CC(C)=O. The Labute approximate surface area is 89.7 Å². The van der Waals surface area contributed by atoms with Gasteiger partial charge in [0.15, 0.2) is 0 Å². The number of ketones is 1. The minimum absolute atomic E-state index is 0.0493. The number of aliphatic hydroxyl groups excluding tert-OH is 3. The van der Waals surface area contributed by atoms with Gasteiger partial charge in [-0.3, -0.25) is 0 Å². The Kier molecular flexibility index (Phi) is 6.67. The molecule has 0 radical (unpaired) electrons. The average Bonchev–Trinajstić information content (AvgIpc) is 2.17. The molecule has 0 bridgehead atoms. The number of methoxy groups -OCH3 is 1. The summed E-state index contributed by atoms with van der Waals surface area (Å²) in [6.07, 6.45) is -2.89. The monoisotopic (exact) mass is 220 g/mol. The van der Waals surface area contributed by atoms with E-state index in [0.717, 1.165) is 0 Å². The van der Waals surface area contributed by atoms with Crippen LogP contribution in [0.25, 0.3) is 0 Å². The Morgan fingerprint density at radius 2 is 1.87 bits per heavy atom. The highest BCUT2D eigenvalue weighted by Gasteiger charge is 2.30. The van der Waals surface area contributed by atoms with Gasteiger partial charge in [-0.05, 0) is 12.8 Å². The van der Waals surface area contributed by atoms with E-state index in [0.29, 0.717) is 0 Å². The summed E-state index contributed by atoms with van der Waals surface area (Å²) >= 11 is 0. The fraction of sp³-hybridized carbons (Fsp3) is 0.900. The molecular weight excluding hydrogens is 200 g/mol. The van der Waals surface area contributed by atoms with Crippen molar-refractivity contribution in [2.75, 3.05) is 13.7 Å². The fourth-order valence-corrected chi connectivity index (χ4v) is 1.45. The molecule has 5 nitrogen and oxygen atoms in total. The van der Waals surface area contributed by atoms with Crippen LogP contribution >= 0.6 is 0 Å². The van der Waals surface area contributed by atoms with E-state index in [1.54, 1.807) is 6.92 Å². The molecule has 0 spiro atoms. The first-order valence-electron chi connectivity index (χ1n) is 4.93. The molecule has 0 aliphatic heterocycles. The topological polar surface area (TPSA) is 87.0 Å². The molecule has 4 atom stereocenters. The molecule has 0 amide bonds. The third-order valence-electron chi connectivity index (χ3n) is 2.41. The first-order valence-corrected chi connectivity index (χ1v) is 4.93. The molecule has 0 heterocycles.